The SMILES string of the molecule is CC#Cc1cc(-c2c(C)cc(F)cc2C)c(F)c([C@@H](CC(=O)O)NC(=O)[C@H](CC(C)C)n2cc(CCn3ccnc3)c(C(F)(F)F)cc2=O)c1F. The van der Waals surface area contributed by atoms with Gasteiger partial charge in [0.2, 0.25) is 5.91 Å². The second-order valence-electron chi connectivity index (χ2n) is 12.6. The van der Waals surface area contributed by atoms with Crippen LogP contribution in [-0.4, -0.2) is 31.1 Å². The molecule has 4 rings (SSSR count). The van der Waals surface area contributed by atoms with E-state index in [1.807, 2.05) is 0 Å². The molecule has 2 atom stereocenters. The first-order valence-electron chi connectivity index (χ1n) is 15.9. The minimum atomic E-state index is -4.90. The van der Waals surface area contributed by atoms with Crippen LogP contribution in [0, 0.1) is 49.1 Å². The molecule has 14 heteroatoms. The van der Waals surface area contributed by atoms with Crippen molar-refractivity contribution in [3.8, 4) is 23.0 Å². The maximum Gasteiger partial charge on any atom is 0.416 e. The molecule has 2 heterocycles. The predicted molar refractivity (Wildman–Crippen MR) is 177 cm³/mol. The summed E-state index contributed by atoms with van der Waals surface area (Å²) >= 11 is 0. The molecular weight excluding hydrogens is 678 g/mol. The van der Waals surface area contributed by atoms with E-state index in [4.69, 9.17) is 0 Å². The highest BCUT2D eigenvalue weighted by molar-refractivity contribution is 5.82. The van der Waals surface area contributed by atoms with Gasteiger partial charge in [-0.25, -0.2) is 18.2 Å². The zero-order valence-corrected chi connectivity index (χ0v) is 28.5. The molecule has 0 aliphatic rings. The molecule has 0 unspecified atom stereocenters. The minimum Gasteiger partial charge on any atom is -0.481 e. The Morgan fingerprint density at radius 1 is 1.04 bits per heavy atom. The summed E-state index contributed by atoms with van der Waals surface area (Å²) in [5, 5.41) is 12.2. The number of nitrogens with one attached hydrogen (secondary N) is 1. The summed E-state index contributed by atoms with van der Waals surface area (Å²) in [6.07, 6.45) is -0.879. The molecule has 0 saturated heterocycles. The fraction of sp³-hybridized carbons (Fsp3) is 0.351. The third kappa shape index (κ3) is 8.89. The lowest BCUT2D eigenvalue weighted by Crippen LogP contribution is -2.41. The molecule has 4 aromatic rings. The van der Waals surface area contributed by atoms with Crippen molar-refractivity contribution in [2.75, 3.05) is 0 Å². The van der Waals surface area contributed by atoms with Gasteiger partial charge in [0.25, 0.3) is 5.56 Å². The van der Waals surface area contributed by atoms with Crippen molar-refractivity contribution in [3.63, 3.8) is 0 Å². The first-order chi connectivity index (χ1) is 23.9. The van der Waals surface area contributed by atoms with Crippen LogP contribution in [0.5, 0.6) is 0 Å². The number of amides is 1. The van der Waals surface area contributed by atoms with Crippen molar-refractivity contribution >= 4 is 11.9 Å². The molecule has 0 bridgehead atoms. The van der Waals surface area contributed by atoms with Gasteiger partial charge in [-0.05, 0) is 80.0 Å². The fourth-order valence-corrected chi connectivity index (χ4v) is 6.13. The number of aryl methyl sites for hydroxylation is 4. The Morgan fingerprint density at radius 2 is 1.71 bits per heavy atom. The molecule has 8 nitrogen and oxygen atoms in total. The first kappa shape index (κ1) is 38.5. The van der Waals surface area contributed by atoms with Crippen molar-refractivity contribution in [1.82, 2.24) is 19.4 Å². The summed E-state index contributed by atoms with van der Waals surface area (Å²) in [6, 6.07) is 0.433. The molecule has 0 radical (unpaired) electrons. The number of alkyl halides is 3. The van der Waals surface area contributed by atoms with Crippen LogP contribution in [0.15, 0.2) is 54.0 Å². The Morgan fingerprint density at radius 3 is 2.25 bits per heavy atom. The Hall–Kier alpha value is -5.32. The number of hydrogen-bond donors (Lipinski definition) is 2. The van der Waals surface area contributed by atoms with Gasteiger partial charge in [-0.2, -0.15) is 13.2 Å². The normalized spacial score (nSPS) is 12.7. The highest BCUT2D eigenvalue weighted by Crippen LogP contribution is 2.38. The van der Waals surface area contributed by atoms with E-state index in [2.05, 4.69) is 22.1 Å². The smallest absolute Gasteiger partial charge is 0.416 e. The van der Waals surface area contributed by atoms with Gasteiger partial charge in [-0.1, -0.05) is 19.8 Å². The quantitative estimate of drug-likeness (QED) is 0.118. The number of benzene rings is 2. The predicted octanol–water partition coefficient (Wildman–Crippen LogP) is 7.30. The van der Waals surface area contributed by atoms with Crippen LogP contribution in [0.25, 0.3) is 11.1 Å². The summed E-state index contributed by atoms with van der Waals surface area (Å²) < 4.78 is 91.4. The number of halogens is 6. The van der Waals surface area contributed by atoms with Crippen molar-refractivity contribution in [3.05, 3.63) is 110 Å². The molecular formula is C37H36F6N4O4. The van der Waals surface area contributed by atoms with Crippen LogP contribution in [-0.2, 0) is 28.7 Å². The summed E-state index contributed by atoms with van der Waals surface area (Å²) in [6.45, 7) is 7.87. The van der Waals surface area contributed by atoms with Crippen LogP contribution in [0.4, 0.5) is 26.3 Å². The second kappa shape index (κ2) is 15.7. The number of pyridine rings is 1. The van der Waals surface area contributed by atoms with Crippen molar-refractivity contribution in [1.29, 1.82) is 0 Å². The lowest BCUT2D eigenvalue weighted by Gasteiger charge is -2.27. The molecule has 0 aliphatic heterocycles. The molecule has 270 valence electrons. The van der Waals surface area contributed by atoms with E-state index in [0.717, 1.165) is 29.0 Å². The second-order valence-corrected chi connectivity index (χ2v) is 12.6. The number of imidazole rings is 1. The molecule has 0 fully saturated rings. The number of aliphatic carboxylic acids is 1. The zero-order valence-electron chi connectivity index (χ0n) is 28.5. The lowest BCUT2D eigenvalue weighted by atomic mass is 9.89. The number of aromatic nitrogens is 3. The lowest BCUT2D eigenvalue weighted by molar-refractivity contribution is -0.139. The maximum atomic E-state index is 16.6. The highest BCUT2D eigenvalue weighted by atomic mass is 19.4. The van der Waals surface area contributed by atoms with E-state index in [1.54, 1.807) is 20.0 Å². The van der Waals surface area contributed by atoms with E-state index in [9.17, 15) is 37.1 Å². The molecule has 0 saturated carbocycles. The molecule has 2 N–H and O–H groups in total. The van der Waals surface area contributed by atoms with Gasteiger partial charge in [0.15, 0.2) is 0 Å². The van der Waals surface area contributed by atoms with Gasteiger partial charge in [0.1, 0.15) is 23.5 Å². The van der Waals surface area contributed by atoms with Gasteiger partial charge < -0.3 is 19.6 Å². The van der Waals surface area contributed by atoms with Crippen molar-refractivity contribution < 1.29 is 41.0 Å². The Bertz CT molecular complexity index is 2040. The fourth-order valence-electron chi connectivity index (χ4n) is 6.13. The Balaban J connectivity index is 1.87. The van der Waals surface area contributed by atoms with Crippen LogP contribution in [0.2, 0.25) is 0 Å². The number of carboxylic acid groups (broad SMARTS) is 1. The molecule has 51 heavy (non-hydrogen) atoms. The van der Waals surface area contributed by atoms with Crippen LogP contribution >= 0.6 is 0 Å². The summed E-state index contributed by atoms with van der Waals surface area (Å²) in [5.41, 5.74) is -3.24. The monoisotopic (exact) mass is 714 g/mol. The Kier molecular flexibility index (Phi) is 11.8. The number of carboxylic acids is 1. The van der Waals surface area contributed by atoms with Crippen LogP contribution < -0.4 is 10.9 Å². The van der Waals surface area contributed by atoms with Crippen LogP contribution in [0.3, 0.4) is 0 Å². The average Bonchev–Trinajstić information content (AvgIpc) is 3.54. The average molecular weight is 715 g/mol. The topological polar surface area (TPSA) is 106 Å². The number of nitrogens with zero attached hydrogens (tertiary/aromatic N) is 3. The summed E-state index contributed by atoms with van der Waals surface area (Å²) in [7, 11) is 0. The third-order valence-electron chi connectivity index (χ3n) is 8.30. The number of carbonyl (C=O) groups excluding carboxylic acids is 1. The van der Waals surface area contributed by atoms with Gasteiger partial charge >= 0.3 is 12.1 Å². The van der Waals surface area contributed by atoms with E-state index in [-0.39, 0.29) is 47.6 Å². The minimum absolute atomic E-state index is 0.0634. The zero-order chi connectivity index (χ0) is 37.8. The molecule has 1 amide bonds. The summed E-state index contributed by atoms with van der Waals surface area (Å²) in [4.78, 5) is 43.3. The molecule has 0 spiro atoms. The number of carbonyl (C=O) groups is 2. The Labute approximate surface area is 290 Å². The van der Waals surface area contributed by atoms with Crippen LogP contribution in [0.1, 0.15) is 79.1 Å². The first-order valence-corrected chi connectivity index (χ1v) is 15.9. The summed E-state index contributed by atoms with van der Waals surface area (Å²) in [5.74, 6) is -0.958. The maximum absolute atomic E-state index is 16.6. The number of rotatable bonds is 12. The van der Waals surface area contributed by atoms with Gasteiger partial charge in [-0.3, -0.25) is 14.4 Å². The third-order valence-corrected chi connectivity index (χ3v) is 8.30. The molecule has 0 aliphatic carbocycles. The highest BCUT2D eigenvalue weighted by Gasteiger charge is 2.36. The largest absolute Gasteiger partial charge is 0.481 e. The molecule has 2 aromatic heterocycles. The standard InChI is InChI=1S/C37H36F6N4O4/c1-6-7-23-15-26(32-21(4)13-25(38)14-22(32)5)35(40)33(34(23)39)28(17-31(49)50)45-36(51)29(12-20(2)3)47-18-24(8-10-46-11-9-44-19-46)27(16-30(47)48)37(41,42)43/h9,11,13-16,18-20,28-29H,8,10,12,17H2,1-5H3,(H,45,51)(H,49,50)/t28-,29+/m1/s1. The van der Waals surface area contributed by atoms with E-state index in [1.165, 1.54) is 37.9 Å². The van der Waals surface area contributed by atoms with E-state index in [0.29, 0.717) is 17.2 Å². The van der Waals surface area contributed by atoms with Gasteiger partial charge in [0, 0.05) is 42.3 Å². The van der Waals surface area contributed by atoms with E-state index < -0.39 is 70.7 Å². The van der Waals surface area contributed by atoms with Crippen molar-refractivity contribution in [2.45, 2.75) is 78.7 Å². The van der Waals surface area contributed by atoms with E-state index >= 15 is 8.78 Å². The molecule has 2 aromatic carbocycles. The van der Waals surface area contributed by atoms with Gasteiger partial charge in [-0.15, -0.1) is 5.92 Å². The van der Waals surface area contributed by atoms with Crippen molar-refractivity contribution in [2.24, 2.45) is 5.92 Å². The van der Waals surface area contributed by atoms with Gasteiger partial charge in [0.05, 0.1) is 29.9 Å². The number of hydrogen-bond acceptors (Lipinski definition) is 4.